The number of rotatable bonds is 6. The Labute approximate surface area is 99.6 Å². The standard InChI is InChI=1S/C10H17N3O2S/c1-7(8(6-14)16-3)12-10-11-5-4-9(13-10)15-2/h4-5,7-8,14H,6H2,1-3H3,(H,11,12,13). The molecule has 2 N–H and O–H groups in total. The van der Waals surface area contributed by atoms with Gasteiger partial charge in [-0.1, -0.05) is 0 Å². The molecule has 6 heteroatoms. The molecule has 0 spiro atoms. The Bertz CT molecular complexity index is 321. The van der Waals surface area contributed by atoms with Crippen molar-refractivity contribution < 1.29 is 9.84 Å². The third-order valence-corrected chi connectivity index (χ3v) is 3.40. The van der Waals surface area contributed by atoms with E-state index in [9.17, 15) is 0 Å². The van der Waals surface area contributed by atoms with Gasteiger partial charge in [0.05, 0.1) is 13.7 Å². The van der Waals surface area contributed by atoms with E-state index >= 15 is 0 Å². The molecule has 0 amide bonds. The van der Waals surface area contributed by atoms with Crippen molar-refractivity contribution in [1.82, 2.24) is 9.97 Å². The van der Waals surface area contributed by atoms with Gasteiger partial charge in [-0.25, -0.2) is 4.98 Å². The Morgan fingerprint density at radius 2 is 2.38 bits per heavy atom. The van der Waals surface area contributed by atoms with Crippen LogP contribution in [0.4, 0.5) is 5.95 Å². The molecule has 0 aliphatic rings. The van der Waals surface area contributed by atoms with Crippen LogP contribution in [0.25, 0.3) is 0 Å². The highest BCUT2D eigenvalue weighted by molar-refractivity contribution is 7.99. The fraction of sp³-hybridized carbons (Fsp3) is 0.600. The fourth-order valence-electron chi connectivity index (χ4n) is 1.26. The molecule has 0 fully saturated rings. The zero-order chi connectivity index (χ0) is 12.0. The zero-order valence-corrected chi connectivity index (χ0v) is 10.5. The van der Waals surface area contributed by atoms with Crippen molar-refractivity contribution in [2.45, 2.75) is 18.2 Å². The van der Waals surface area contributed by atoms with E-state index in [0.717, 1.165) is 0 Å². The molecule has 0 radical (unpaired) electrons. The number of aliphatic hydroxyl groups excluding tert-OH is 1. The molecule has 1 heterocycles. The minimum absolute atomic E-state index is 0.0899. The molecule has 1 rings (SSSR count). The quantitative estimate of drug-likeness (QED) is 0.777. The summed E-state index contributed by atoms with van der Waals surface area (Å²) in [5.74, 6) is 1.04. The Morgan fingerprint density at radius 1 is 1.62 bits per heavy atom. The number of anilines is 1. The van der Waals surface area contributed by atoms with Crippen LogP contribution in [0.5, 0.6) is 5.88 Å². The number of aromatic nitrogens is 2. The van der Waals surface area contributed by atoms with Gasteiger partial charge in [-0.2, -0.15) is 16.7 Å². The van der Waals surface area contributed by atoms with Crippen LogP contribution in [-0.2, 0) is 0 Å². The predicted octanol–water partition coefficient (Wildman–Crippen LogP) is 1.01. The van der Waals surface area contributed by atoms with Crippen molar-refractivity contribution in [2.24, 2.45) is 0 Å². The van der Waals surface area contributed by atoms with E-state index in [1.807, 2.05) is 13.2 Å². The molecule has 1 aromatic heterocycles. The molecule has 5 nitrogen and oxygen atoms in total. The fourth-order valence-corrected chi connectivity index (χ4v) is 1.88. The van der Waals surface area contributed by atoms with E-state index < -0.39 is 0 Å². The number of nitrogens with one attached hydrogen (secondary N) is 1. The normalized spacial score (nSPS) is 14.2. The summed E-state index contributed by atoms with van der Waals surface area (Å²) in [6, 6.07) is 1.78. The van der Waals surface area contributed by atoms with E-state index in [2.05, 4.69) is 15.3 Å². The second kappa shape index (κ2) is 6.55. The summed E-state index contributed by atoms with van der Waals surface area (Å²) >= 11 is 1.61. The maximum absolute atomic E-state index is 9.15. The van der Waals surface area contributed by atoms with Gasteiger partial charge in [0.2, 0.25) is 11.8 Å². The average Bonchev–Trinajstić information content (AvgIpc) is 2.31. The third kappa shape index (κ3) is 3.53. The van der Waals surface area contributed by atoms with Crippen LogP contribution in [0.3, 0.4) is 0 Å². The minimum Gasteiger partial charge on any atom is -0.481 e. The number of thioether (sulfide) groups is 1. The van der Waals surface area contributed by atoms with Crippen LogP contribution in [0, 0.1) is 0 Å². The number of nitrogens with zero attached hydrogens (tertiary/aromatic N) is 2. The molecule has 2 atom stereocenters. The second-order valence-corrected chi connectivity index (χ2v) is 4.39. The monoisotopic (exact) mass is 243 g/mol. The van der Waals surface area contributed by atoms with Gasteiger partial charge in [0, 0.05) is 23.6 Å². The molecule has 0 aromatic carbocycles. The molecule has 0 saturated heterocycles. The molecular weight excluding hydrogens is 226 g/mol. The summed E-state index contributed by atoms with van der Waals surface area (Å²) in [6.07, 6.45) is 3.60. The van der Waals surface area contributed by atoms with Crippen LogP contribution in [0.15, 0.2) is 12.3 Å². The van der Waals surface area contributed by atoms with Crippen LogP contribution in [0.1, 0.15) is 6.92 Å². The van der Waals surface area contributed by atoms with E-state index in [0.29, 0.717) is 11.8 Å². The van der Waals surface area contributed by atoms with Crippen molar-refractivity contribution in [3.63, 3.8) is 0 Å². The van der Waals surface area contributed by atoms with Gasteiger partial charge in [-0.15, -0.1) is 0 Å². The lowest BCUT2D eigenvalue weighted by molar-refractivity contribution is 0.288. The predicted molar refractivity (Wildman–Crippen MR) is 66.1 cm³/mol. The van der Waals surface area contributed by atoms with Crippen molar-refractivity contribution in [1.29, 1.82) is 0 Å². The van der Waals surface area contributed by atoms with Gasteiger partial charge in [0.1, 0.15) is 0 Å². The number of aliphatic hydroxyl groups is 1. The summed E-state index contributed by atoms with van der Waals surface area (Å²) in [6.45, 7) is 2.11. The van der Waals surface area contributed by atoms with E-state index in [4.69, 9.17) is 9.84 Å². The highest BCUT2D eigenvalue weighted by atomic mass is 32.2. The van der Waals surface area contributed by atoms with Crippen LogP contribution >= 0.6 is 11.8 Å². The van der Waals surface area contributed by atoms with Crippen molar-refractivity contribution in [2.75, 3.05) is 25.3 Å². The first-order valence-electron chi connectivity index (χ1n) is 4.98. The Morgan fingerprint density at radius 3 is 2.94 bits per heavy atom. The Kier molecular flexibility index (Phi) is 5.34. The third-order valence-electron chi connectivity index (χ3n) is 2.24. The first-order valence-corrected chi connectivity index (χ1v) is 6.27. The van der Waals surface area contributed by atoms with E-state index in [-0.39, 0.29) is 17.9 Å². The molecule has 1 aromatic rings. The topological polar surface area (TPSA) is 67.3 Å². The first kappa shape index (κ1) is 13.1. The Balaban J connectivity index is 2.64. The summed E-state index contributed by atoms with van der Waals surface area (Å²) in [7, 11) is 1.56. The highest BCUT2D eigenvalue weighted by Crippen LogP contribution is 2.15. The lowest BCUT2D eigenvalue weighted by atomic mass is 10.2. The number of hydrogen-bond donors (Lipinski definition) is 2. The second-order valence-electron chi connectivity index (χ2n) is 3.31. The first-order chi connectivity index (χ1) is 7.71. The van der Waals surface area contributed by atoms with Crippen molar-refractivity contribution in [3.8, 4) is 5.88 Å². The molecular formula is C10H17N3O2S. The van der Waals surface area contributed by atoms with Crippen molar-refractivity contribution >= 4 is 17.7 Å². The average molecular weight is 243 g/mol. The van der Waals surface area contributed by atoms with Gasteiger partial charge < -0.3 is 15.2 Å². The minimum atomic E-state index is 0.0899. The van der Waals surface area contributed by atoms with Crippen molar-refractivity contribution in [3.05, 3.63) is 12.3 Å². The maximum Gasteiger partial charge on any atom is 0.226 e. The molecule has 0 aliphatic heterocycles. The zero-order valence-electron chi connectivity index (χ0n) is 9.67. The lowest BCUT2D eigenvalue weighted by Crippen LogP contribution is -2.31. The van der Waals surface area contributed by atoms with Crippen LogP contribution in [0.2, 0.25) is 0 Å². The van der Waals surface area contributed by atoms with E-state index in [1.165, 1.54) is 0 Å². The van der Waals surface area contributed by atoms with Crippen LogP contribution in [-0.4, -0.2) is 46.3 Å². The molecule has 0 aliphatic carbocycles. The largest absolute Gasteiger partial charge is 0.481 e. The van der Waals surface area contributed by atoms with Gasteiger partial charge in [-0.3, -0.25) is 0 Å². The summed E-state index contributed by atoms with van der Waals surface area (Å²) in [5.41, 5.74) is 0. The molecule has 0 bridgehead atoms. The number of ether oxygens (including phenoxy) is 1. The lowest BCUT2D eigenvalue weighted by Gasteiger charge is -2.21. The molecule has 90 valence electrons. The van der Waals surface area contributed by atoms with E-state index in [1.54, 1.807) is 31.1 Å². The maximum atomic E-state index is 9.15. The number of methoxy groups -OCH3 is 1. The summed E-state index contributed by atoms with van der Waals surface area (Å²) in [4.78, 5) is 8.23. The van der Waals surface area contributed by atoms with Crippen LogP contribution < -0.4 is 10.1 Å². The molecule has 16 heavy (non-hydrogen) atoms. The van der Waals surface area contributed by atoms with Gasteiger partial charge >= 0.3 is 0 Å². The SMILES string of the molecule is COc1ccnc(NC(C)C(CO)SC)n1. The Hall–Kier alpha value is -1.01. The highest BCUT2D eigenvalue weighted by Gasteiger charge is 2.15. The summed E-state index contributed by atoms with van der Waals surface area (Å²) < 4.78 is 5.00. The van der Waals surface area contributed by atoms with Gasteiger partial charge in [0.15, 0.2) is 0 Å². The van der Waals surface area contributed by atoms with Gasteiger partial charge in [0.25, 0.3) is 0 Å². The van der Waals surface area contributed by atoms with Gasteiger partial charge in [-0.05, 0) is 13.2 Å². The molecule has 0 saturated carbocycles. The summed E-state index contributed by atoms with van der Waals surface area (Å²) in [5, 5.41) is 12.4. The smallest absolute Gasteiger partial charge is 0.226 e. The molecule has 2 unspecified atom stereocenters. The number of hydrogen-bond acceptors (Lipinski definition) is 6.